The highest BCUT2D eigenvalue weighted by atomic mass is 35.5. The molecule has 17 heavy (non-hydrogen) atoms. The number of hydrogen-bond donors (Lipinski definition) is 3. The Morgan fingerprint density at radius 3 is 2.35 bits per heavy atom. The van der Waals surface area contributed by atoms with E-state index in [1.807, 2.05) is 0 Å². The maximum absolute atomic E-state index is 10.2. The number of hydrogen-bond acceptors (Lipinski definition) is 4. The summed E-state index contributed by atoms with van der Waals surface area (Å²) in [6.45, 7) is 4.14. The number of carbonyl (C=O) groups excluding carboxylic acids is 1. The maximum Gasteiger partial charge on any atom is 0.404 e. The van der Waals surface area contributed by atoms with Gasteiger partial charge in [0.25, 0.3) is 0 Å². The molecule has 0 aromatic rings. The van der Waals surface area contributed by atoms with Gasteiger partial charge in [0.1, 0.15) is 0 Å². The predicted molar refractivity (Wildman–Crippen MR) is 77.6 cm³/mol. The lowest BCUT2D eigenvalue weighted by Crippen LogP contribution is -2.29. The molecule has 0 aromatic heterocycles. The first-order valence-electron chi connectivity index (χ1n) is 5.02. The molecular formula is C9H24Cl3N3O2. The third kappa shape index (κ3) is 21.8. The lowest BCUT2D eigenvalue weighted by atomic mass is 10.2. The molecule has 0 fully saturated rings. The van der Waals surface area contributed by atoms with Crippen LogP contribution in [0.25, 0.3) is 0 Å². The fourth-order valence-corrected chi connectivity index (χ4v) is 1.10. The van der Waals surface area contributed by atoms with Gasteiger partial charge in [0, 0.05) is 6.04 Å². The molecule has 0 rings (SSSR count). The maximum atomic E-state index is 10.2. The van der Waals surface area contributed by atoms with Crippen molar-refractivity contribution in [1.82, 2.24) is 5.32 Å². The average molecular weight is 313 g/mol. The largest absolute Gasteiger partial charge is 0.450 e. The number of ether oxygens (including phenoxy) is 1. The summed E-state index contributed by atoms with van der Waals surface area (Å²) in [6.07, 6.45) is 2.10. The normalized spacial score (nSPS) is 10.2. The number of rotatable bonds is 8. The van der Waals surface area contributed by atoms with E-state index < -0.39 is 6.09 Å². The summed E-state index contributed by atoms with van der Waals surface area (Å²) in [5.41, 5.74) is 10.2. The smallest absolute Gasteiger partial charge is 0.404 e. The van der Waals surface area contributed by atoms with Crippen molar-refractivity contribution in [2.75, 3.05) is 19.7 Å². The Labute approximate surface area is 122 Å². The lowest BCUT2D eigenvalue weighted by Gasteiger charge is -2.11. The number of nitrogens with two attached hydrogens (primary N) is 2. The molecule has 0 bridgehead atoms. The van der Waals surface area contributed by atoms with Gasteiger partial charge in [-0.3, -0.25) is 0 Å². The molecule has 0 aliphatic heterocycles. The molecule has 1 atom stereocenters. The van der Waals surface area contributed by atoms with Gasteiger partial charge in [-0.2, -0.15) is 0 Å². The summed E-state index contributed by atoms with van der Waals surface area (Å²) in [4.78, 5) is 10.2. The molecule has 0 saturated carbocycles. The summed E-state index contributed by atoms with van der Waals surface area (Å²) >= 11 is 0. The summed E-state index contributed by atoms with van der Waals surface area (Å²) in [7, 11) is 0. The van der Waals surface area contributed by atoms with Crippen molar-refractivity contribution in [2.45, 2.75) is 32.2 Å². The van der Waals surface area contributed by atoms with E-state index in [0.717, 1.165) is 25.8 Å². The zero-order valence-electron chi connectivity index (χ0n) is 10.0. The highest BCUT2D eigenvalue weighted by molar-refractivity contribution is 5.86. The van der Waals surface area contributed by atoms with Crippen LogP contribution in [0.5, 0.6) is 0 Å². The number of nitrogens with one attached hydrogen (secondary N) is 1. The molecule has 0 radical (unpaired) electrons. The fraction of sp³-hybridized carbons (Fsp3) is 0.889. The van der Waals surface area contributed by atoms with Crippen LogP contribution in [0.3, 0.4) is 0 Å². The van der Waals surface area contributed by atoms with E-state index in [2.05, 4.69) is 17.0 Å². The van der Waals surface area contributed by atoms with Crippen molar-refractivity contribution in [3.05, 3.63) is 0 Å². The summed E-state index contributed by atoms with van der Waals surface area (Å²) < 4.78 is 4.59. The molecule has 0 saturated heterocycles. The first-order valence-corrected chi connectivity index (χ1v) is 5.02. The Morgan fingerprint density at radius 1 is 1.29 bits per heavy atom. The quantitative estimate of drug-likeness (QED) is 0.592. The minimum absolute atomic E-state index is 0. The number of amides is 1. The van der Waals surface area contributed by atoms with E-state index in [-0.39, 0.29) is 37.2 Å². The third-order valence-corrected chi connectivity index (χ3v) is 1.91. The second-order valence-electron chi connectivity index (χ2n) is 3.31. The van der Waals surface area contributed by atoms with Crippen LogP contribution in [-0.2, 0) is 4.74 Å². The standard InChI is InChI=1S/C9H21N3O2.3ClH/c1-8(4-5-10)12-6-2-3-7-14-9(11)13;;;/h8,12H,2-7,10H2,1H3,(H2,11,13);3*1H. The zero-order chi connectivity index (χ0) is 10.8. The topological polar surface area (TPSA) is 90.4 Å². The van der Waals surface area contributed by atoms with Gasteiger partial charge in [-0.25, -0.2) is 4.79 Å². The van der Waals surface area contributed by atoms with E-state index >= 15 is 0 Å². The van der Waals surface area contributed by atoms with Crippen LogP contribution in [0, 0.1) is 0 Å². The van der Waals surface area contributed by atoms with Gasteiger partial charge in [0.05, 0.1) is 6.61 Å². The molecule has 5 N–H and O–H groups in total. The Bertz CT molecular complexity index is 164. The average Bonchev–Trinajstić information content (AvgIpc) is 2.11. The van der Waals surface area contributed by atoms with Crippen LogP contribution in [0.4, 0.5) is 4.79 Å². The molecule has 0 aliphatic rings. The second kappa shape index (κ2) is 18.4. The van der Waals surface area contributed by atoms with Gasteiger partial charge in [0.15, 0.2) is 0 Å². The predicted octanol–water partition coefficient (Wildman–Crippen LogP) is 1.45. The van der Waals surface area contributed by atoms with Crippen LogP contribution in [0.1, 0.15) is 26.2 Å². The lowest BCUT2D eigenvalue weighted by molar-refractivity contribution is 0.154. The van der Waals surface area contributed by atoms with Crippen molar-refractivity contribution in [3.8, 4) is 0 Å². The molecule has 1 unspecified atom stereocenters. The van der Waals surface area contributed by atoms with Crippen LogP contribution in [-0.4, -0.2) is 31.8 Å². The van der Waals surface area contributed by atoms with Crippen molar-refractivity contribution >= 4 is 43.3 Å². The highest BCUT2D eigenvalue weighted by Crippen LogP contribution is 1.92. The molecule has 0 aliphatic carbocycles. The molecule has 108 valence electrons. The monoisotopic (exact) mass is 311 g/mol. The van der Waals surface area contributed by atoms with Crippen LogP contribution >= 0.6 is 37.2 Å². The van der Waals surface area contributed by atoms with Crippen LogP contribution in [0.15, 0.2) is 0 Å². The molecule has 5 nitrogen and oxygen atoms in total. The Morgan fingerprint density at radius 2 is 1.88 bits per heavy atom. The van der Waals surface area contributed by atoms with E-state index in [9.17, 15) is 4.79 Å². The Balaban J connectivity index is -0.000000282. The number of primary amides is 1. The molecule has 1 amide bonds. The second-order valence-corrected chi connectivity index (χ2v) is 3.31. The van der Waals surface area contributed by atoms with Gasteiger partial charge in [-0.1, -0.05) is 0 Å². The van der Waals surface area contributed by atoms with Gasteiger partial charge >= 0.3 is 6.09 Å². The molecule has 0 spiro atoms. The Hall–Kier alpha value is 0.0600. The molecular weight excluding hydrogens is 288 g/mol. The number of halogens is 3. The minimum Gasteiger partial charge on any atom is -0.450 e. The van der Waals surface area contributed by atoms with Gasteiger partial charge in [-0.05, 0) is 39.3 Å². The van der Waals surface area contributed by atoms with E-state index in [4.69, 9.17) is 11.5 Å². The summed E-state index contributed by atoms with van der Waals surface area (Å²) in [6, 6.07) is 0.456. The van der Waals surface area contributed by atoms with Crippen LogP contribution < -0.4 is 16.8 Å². The first kappa shape index (κ1) is 25.8. The molecule has 0 heterocycles. The summed E-state index contributed by atoms with van der Waals surface area (Å²) in [5, 5.41) is 3.32. The summed E-state index contributed by atoms with van der Waals surface area (Å²) in [5.74, 6) is 0. The SMILES string of the molecule is CC(CCN)NCCCCOC(N)=O.Cl.Cl.Cl. The minimum atomic E-state index is -0.700. The first-order chi connectivity index (χ1) is 6.66. The fourth-order valence-electron chi connectivity index (χ4n) is 1.10. The zero-order valence-corrected chi connectivity index (χ0v) is 12.5. The van der Waals surface area contributed by atoms with Crippen molar-refractivity contribution in [1.29, 1.82) is 0 Å². The third-order valence-electron chi connectivity index (χ3n) is 1.91. The molecule has 8 heteroatoms. The van der Waals surface area contributed by atoms with E-state index in [0.29, 0.717) is 19.2 Å². The van der Waals surface area contributed by atoms with Crippen LogP contribution in [0.2, 0.25) is 0 Å². The number of unbranched alkanes of at least 4 members (excludes halogenated alkanes) is 1. The van der Waals surface area contributed by atoms with Gasteiger partial charge in [-0.15, -0.1) is 37.2 Å². The number of carbonyl (C=O) groups is 1. The van der Waals surface area contributed by atoms with Crippen molar-refractivity contribution in [3.63, 3.8) is 0 Å². The van der Waals surface area contributed by atoms with Gasteiger partial charge < -0.3 is 21.5 Å². The van der Waals surface area contributed by atoms with Crippen molar-refractivity contribution in [2.24, 2.45) is 11.5 Å². The highest BCUT2D eigenvalue weighted by Gasteiger charge is 1.98. The van der Waals surface area contributed by atoms with E-state index in [1.165, 1.54) is 0 Å². The van der Waals surface area contributed by atoms with Crippen molar-refractivity contribution < 1.29 is 9.53 Å². The Kier molecular flexibility index (Phi) is 28.0. The van der Waals surface area contributed by atoms with E-state index in [1.54, 1.807) is 0 Å². The van der Waals surface area contributed by atoms with Gasteiger partial charge in [0.2, 0.25) is 0 Å². The molecule has 0 aromatic carbocycles.